The average molecular weight is 450 g/mol. The third-order valence-corrected chi connectivity index (χ3v) is 10.4. The topological polar surface area (TPSA) is 0 Å². The first-order valence-corrected chi connectivity index (χ1v) is 15.2. The summed E-state index contributed by atoms with van der Waals surface area (Å²) in [6.45, 7) is 6.96. The summed E-state index contributed by atoms with van der Waals surface area (Å²) in [7, 11) is -1.23. The molecule has 23 heavy (non-hydrogen) atoms. The molecule has 0 aliphatic heterocycles. The predicted octanol–water partition coefficient (Wildman–Crippen LogP) is 3.45. The summed E-state index contributed by atoms with van der Waals surface area (Å²) in [5.41, 5.74) is 3.51. The van der Waals surface area contributed by atoms with E-state index in [1.807, 2.05) is 0 Å². The Hall–Kier alpha value is -0.744. The van der Waals surface area contributed by atoms with Crippen molar-refractivity contribution in [3.05, 3.63) is 60.7 Å². The van der Waals surface area contributed by atoms with Crippen LogP contribution in [0.3, 0.4) is 0 Å². The summed E-state index contributed by atoms with van der Waals surface area (Å²) < 4.78 is 3.82. The molecule has 0 bridgehead atoms. The van der Waals surface area contributed by atoms with E-state index in [1.165, 1.54) is 15.3 Å². The molecule has 0 aliphatic carbocycles. The molecule has 120 valence electrons. The van der Waals surface area contributed by atoms with E-state index in [1.54, 1.807) is 0 Å². The van der Waals surface area contributed by atoms with Crippen LogP contribution in [0.5, 0.6) is 0 Å². The zero-order chi connectivity index (χ0) is 16.5. The average Bonchev–Trinajstić information content (AvgIpc) is 2.52. The van der Waals surface area contributed by atoms with E-state index >= 15 is 0 Å². The first kappa shape index (κ1) is 18.6. The minimum atomic E-state index is -1.23. The molecule has 0 saturated carbocycles. The van der Waals surface area contributed by atoms with Crippen molar-refractivity contribution in [2.75, 3.05) is 0 Å². The van der Waals surface area contributed by atoms with Crippen molar-refractivity contribution in [1.82, 2.24) is 0 Å². The van der Waals surface area contributed by atoms with Crippen LogP contribution in [0.4, 0.5) is 0 Å². The van der Waals surface area contributed by atoms with Crippen LogP contribution in [0.25, 0.3) is 0 Å². The van der Waals surface area contributed by atoms with Crippen molar-refractivity contribution in [3.8, 4) is 11.5 Å². The molecule has 0 aliphatic rings. The fraction of sp³-hybridized carbons (Fsp3) is 0.300. The van der Waals surface area contributed by atoms with E-state index < -0.39 is 8.07 Å². The van der Waals surface area contributed by atoms with Crippen LogP contribution in [0.15, 0.2) is 60.7 Å². The predicted molar refractivity (Wildman–Crippen MR) is 108 cm³/mol. The third kappa shape index (κ3) is 8.07. The molecule has 0 amide bonds. The van der Waals surface area contributed by atoms with Crippen molar-refractivity contribution < 1.29 is 0 Å². The molecule has 0 unspecified atom stereocenters. The molecule has 0 nitrogen and oxygen atoms in total. The van der Waals surface area contributed by atoms with Gasteiger partial charge in [0.1, 0.15) is 0 Å². The van der Waals surface area contributed by atoms with Crippen LogP contribution < -0.4 is 8.92 Å². The Bertz CT molecular complexity index is 595. The van der Waals surface area contributed by atoms with Gasteiger partial charge >= 0.3 is 155 Å². The summed E-state index contributed by atoms with van der Waals surface area (Å²) in [5.74, 6) is 3.46. The van der Waals surface area contributed by atoms with E-state index in [0.717, 1.165) is 10.1 Å². The van der Waals surface area contributed by atoms with E-state index in [-0.39, 0.29) is 0 Å². The van der Waals surface area contributed by atoms with Gasteiger partial charge in [-0.1, -0.05) is 0 Å². The summed E-state index contributed by atoms with van der Waals surface area (Å²) in [5, 5.41) is 0. The Morgan fingerprint density at radius 1 is 0.826 bits per heavy atom. The minimum absolute atomic E-state index is 0.540. The van der Waals surface area contributed by atoms with Crippen molar-refractivity contribution >= 4 is 46.9 Å². The zero-order valence-corrected chi connectivity index (χ0v) is 18.5. The van der Waals surface area contributed by atoms with Gasteiger partial charge in [-0.2, -0.15) is 0 Å². The Balaban J connectivity index is 2.00. The van der Waals surface area contributed by atoms with Crippen LogP contribution in [0.1, 0.15) is 12.8 Å². The van der Waals surface area contributed by atoms with Gasteiger partial charge in [-0.3, -0.25) is 0 Å². The van der Waals surface area contributed by atoms with E-state index in [9.17, 15) is 0 Å². The molecule has 0 atom stereocenters. The van der Waals surface area contributed by atoms with Crippen LogP contribution in [-0.2, 0) is 0 Å². The molecular weight excluding hydrogens is 426 g/mol. The van der Waals surface area contributed by atoms with Crippen molar-refractivity contribution in [3.63, 3.8) is 0 Å². The van der Waals surface area contributed by atoms with Crippen molar-refractivity contribution in [1.29, 1.82) is 0 Å². The Morgan fingerprint density at radius 3 is 1.74 bits per heavy atom. The number of hydrogen-bond donors (Lipinski definition) is 0. The van der Waals surface area contributed by atoms with Crippen molar-refractivity contribution in [2.24, 2.45) is 0 Å². The van der Waals surface area contributed by atoms with Crippen LogP contribution in [0, 0.1) is 11.5 Å². The summed E-state index contributed by atoms with van der Waals surface area (Å²) in [6.07, 6.45) is 2.29. The molecule has 0 radical (unpaired) electrons. The molecule has 0 fully saturated rings. The zero-order valence-electron chi connectivity index (χ0n) is 14.1. The normalized spacial score (nSPS) is 11.1. The van der Waals surface area contributed by atoms with Gasteiger partial charge in [0.05, 0.1) is 0 Å². The summed E-state index contributed by atoms with van der Waals surface area (Å²) in [6, 6.07) is 22.0. The fourth-order valence-corrected chi connectivity index (χ4v) is 9.25. The number of rotatable bonds is 6. The molecule has 0 aromatic heterocycles. The monoisotopic (exact) mass is 452 g/mol. The van der Waals surface area contributed by atoms with Gasteiger partial charge in [0, 0.05) is 0 Å². The van der Waals surface area contributed by atoms with Crippen molar-refractivity contribution in [2.45, 2.75) is 36.2 Å². The van der Waals surface area contributed by atoms with Gasteiger partial charge in [0.25, 0.3) is 0 Å². The number of benzene rings is 2. The SMILES string of the molecule is C[Si](C)(C)C#CCCC([Se]c1ccccc1)[Se]c1ccccc1. The standard InChI is InChI=1S/C20H24Se2Si/c1-23(2,3)17-11-10-16-20(21-18-12-6-4-7-13-18)22-19-14-8-5-9-15-19/h4-9,12-15,20H,10,16H2,1-3H3. The second-order valence-corrected chi connectivity index (χ2v) is 18.0. The quantitative estimate of drug-likeness (QED) is 0.467. The molecule has 2 rings (SSSR count). The van der Waals surface area contributed by atoms with E-state index in [2.05, 4.69) is 91.8 Å². The maximum atomic E-state index is 3.51. The molecule has 3 heteroatoms. The Morgan fingerprint density at radius 2 is 1.30 bits per heavy atom. The van der Waals surface area contributed by atoms with Gasteiger partial charge in [-0.05, 0) is 0 Å². The van der Waals surface area contributed by atoms with E-state index in [4.69, 9.17) is 0 Å². The van der Waals surface area contributed by atoms with Crippen LogP contribution in [-0.4, -0.2) is 38.0 Å². The van der Waals surface area contributed by atoms with E-state index in [0.29, 0.717) is 29.9 Å². The first-order chi connectivity index (χ1) is 11.0. The molecule has 0 spiro atoms. The van der Waals surface area contributed by atoms with Gasteiger partial charge < -0.3 is 0 Å². The van der Waals surface area contributed by atoms with Gasteiger partial charge in [-0.25, -0.2) is 0 Å². The molecular formula is C20H24Se2Si. The first-order valence-electron chi connectivity index (χ1n) is 7.96. The van der Waals surface area contributed by atoms with Gasteiger partial charge in [0.2, 0.25) is 0 Å². The Labute approximate surface area is 154 Å². The van der Waals surface area contributed by atoms with Gasteiger partial charge in [-0.15, -0.1) is 0 Å². The maximum absolute atomic E-state index is 3.51. The number of hydrogen-bond acceptors (Lipinski definition) is 0. The van der Waals surface area contributed by atoms with Gasteiger partial charge in [0.15, 0.2) is 0 Å². The molecule has 2 aromatic rings. The Kier molecular flexibility index (Phi) is 7.70. The third-order valence-electron chi connectivity index (χ3n) is 2.99. The second-order valence-electron chi connectivity index (χ2n) is 6.38. The molecule has 0 heterocycles. The van der Waals surface area contributed by atoms with Crippen LogP contribution in [0.2, 0.25) is 23.4 Å². The van der Waals surface area contributed by atoms with Crippen LogP contribution >= 0.6 is 0 Å². The summed E-state index contributed by atoms with van der Waals surface area (Å²) in [4.78, 5) is 0. The fourth-order valence-electron chi connectivity index (χ4n) is 1.96. The molecule has 2 aromatic carbocycles. The summed E-state index contributed by atoms with van der Waals surface area (Å²) >= 11 is 1.08. The second kappa shape index (κ2) is 9.53. The molecule has 0 saturated heterocycles. The molecule has 0 N–H and O–H groups in total.